The largest absolute Gasteiger partial charge is 0.370 e. The number of carbonyl (C=O) groups is 2. The van der Waals surface area contributed by atoms with Crippen LogP contribution in [-0.4, -0.2) is 45.6 Å². The lowest BCUT2D eigenvalue weighted by Gasteiger charge is -2.11. The standard InChI is InChI=1S/C19H21N5O2S2/c1-23(2)18(26)14-6-3-5-13(11-14)12-28-19-22-21-17(15-7-4-10-27-15)24(19)9-8-16(20)25/h3-7,10-11H,8-9,12H2,1-2H3,(H2,20,25). The fourth-order valence-electron chi connectivity index (χ4n) is 2.61. The average Bonchev–Trinajstić information content (AvgIpc) is 3.33. The van der Waals surface area contributed by atoms with Crippen LogP contribution in [-0.2, 0) is 17.1 Å². The molecule has 7 nitrogen and oxygen atoms in total. The molecule has 2 N–H and O–H groups in total. The maximum Gasteiger partial charge on any atom is 0.253 e. The summed E-state index contributed by atoms with van der Waals surface area (Å²) in [7, 11) is 3.47. The Balaban J connectivity index is 1.80. The lowest BCUT2D eigenvalue weighted by atomic mass is 10.1. The first-order chi connectivity index (χ1) is 13.5. The molecule has 0 aliphatic carbocycles. The van der Waals surface area contributed by atoms with E-state index in [1.807, 2.05) is 40.3 Å². The van der Waals surface area contributed by atoms with Crippen molar-refractivity contribution >= 4 is 34.9 Å². The van der Waals surface area contributed by atoms with Gasteiger partial charge in [-0.05, 0) is 29.1 Å². The molecule has 0 aliphatic rings. The van der Waals surface area contributed by atoms with Gasteiger partial charge in [0.05, 0.1) is 4.88 Å². The number of amides is 2. The van der Waals surface area contributed by atoms with Crippen molar-refractivity contribution < 1.29 is 9.59 Å². The van der Waals surface area contributed by atoms with E-state index in [9.17, 15) is 9.59 Å². The Morgan fingerprint density at radius 2 is 2.04 bits per heavy atom. The molecule has 1 aromatic carbocycles. The second kappa shape index (κ2) is 9.03. The van der Waals surface area contributed by atoms with Crippen LogP contribution in [0.5, 0.6) is 0 Å². The van der Waals surface area contributed by atoms with Gasteiger partial charge in [-0.25, -0.2) is 0 Å². The summed E-state index contributed by atoms with van der Waals surface area (Å²) in [6, 6.07) is 11.5. The Morgan fingerprint density at radius 3 is 2.71 bits per heavy atom. The molecule has 0 radical (unpaired) electrons. The number of aromatic nitrogens is 3. The summed E-state index contributed by atoms with van der Waals surface area (Å²) in [4.78, 5) is 26.0. The molecule has 2 amide bonds. The van der Waals surface area contributed by atoms with Gasteiger partial charge in [0.1, 0.15) is 0 Å². The van der Waals surface area contributed by atoms with E-state index in [1.54, 1.807) is 36.4 Å². The van der Waals surface area contributed by atoms with E-state index < -0.39 is 0 Å². The zero-order valence-electron chi connectivity index (χ0n) is 15.7. The lowest BCUT2D eigenvalue weighted by Crippen LogP contribution is -2.21. The molecule has 2 heterocycles. The molecule has 146 valence electrons. The third-order valence-corrected chi connectivity index (χ3v) is 5.89. The first kappa shape index (κ1) is 20.1. The number of thioether (sulfide) groups is 1. The first-order valence-electron chi connectivity index (χ1n) is 8.64. The van der Waals surface area contributed by atoms with Gasteiger partial charge >= 0.3 is 0 Å². The molecule has 2 aromatic heterocycles. The van der Waals surface area contributed by atoms with Gasteiger partial charge in [-0.3, -0.25) is 9.59 Å². The number of primary amides is 1. The van der Waals surface area contributed by atoms with Crippen LogP contribution in [0.4, 0.5) is 0 Å². The van der Waals surface area contributed by atoms with Crippen molar-refractivity contribution in [3.8, 4) is 10.7 Å². The topological polar surface area (TPSA) is 94.1 Å². The molecule has 0 saturated heterocycles. The summed E-state index contributed by atoms with van der Waals surface area (Å²) in [5.41, 5.74) is 6.99. The van der Waals surface area contributed by atoms with E-state index in [0.717, 1.165) is 16.3 Å². The predicted octanol–water partition coefficient (Wildman–Crippen LogP) is 2.88. The Labute approximate surface area is 171 Å². The van der Waals surface area contributed by atoms with E-state index in [-0.39, 0.29) is 18.2 Å². The molecular weight excluding hydrogens is 394 g/mol. The SMILES string of the molecule is CN(C)C(=O)c1cccc(CSc2nnc(-c3cccs3)n2CCC(N)=O)c1. The number of nitrogens with zero attached hydrogens (tertiary/aromatic N) is 4. The van der Waals surface area contributed by atoms with E-state index in [2.05, 4.69) is 10.2 Å². The van der Waals surface area contributed by atoms with Crippen LogP contribution < -0.4 is 5.73 Å². The van der Waals surface area contributed by atoms with E-state index in [0.29, 0.717) is 23.0 Å². The molecule has 0 bridgehead atoms. The number of nitrogens with two attached hydrogens (primary N) is 1. The molecule has 0 atom stereocenters. The second-order valence-electron chi connectivity index (χ2n) is 6.34. The van der Waals surface area contributed by atoms with Gasteiger partial charge in [0.25, 0.3) is 5.91 Å². The van der Waals surface area contributed by atoms with Crippen molar-refractivity contribution in [2.75, 3.05) is 14.1 Å². The van der Waals surface area contributed by atoms with Gasteiger partial charge in [0.15, 0.2) is 11.0 Å². The zero-order valence-corrected chi connectivity index (χ0v) is 17.3. The highest BCUT2D eigenvalue weighted by Gasteiger charge is 2.16. The lowest BCUT2D eigenvalue weighted by molar-refractivity contribution is -0.118. The van der Waals surface area contributed by atoms with Crippen molar-refractivity contribution in [1.82, 2.24) is 19.7 Å². The maximum atomic E-state index is 12.2. The Hall–Kier alpha value is -2.65. The summed E-state index contributed by atoms with van der Waals surface area (Å²) in [5.74, 6) is 0.969. The minimum atomic E-state index is -0.364. The van der Waals surface area contributed by atoms with Crippen LogP contribution in [0.15, 0.2) is 46.9 Å². The second-order valence-corrected chi connectivity index (χ2v) is 8.23. The number of carbonyl (C=O) groups excluding carboxylic acids is 2. The Bertz CT molecular complexity index is 967. The molecule has 3 aromatic rings. The fraction of sp³-hybridized carbons (Fsp3) is 0.263. The van der Waals surface area contributed by atoms with Crippen LogP contribution in [0.1, 0.15) is 22.3 Å². The highest BCUT2D eigenvalue weighted by molar-refractivity contribution is 7.98. The Morgan fingerprint density at radius 1 is 1.21 bits per heavy atom. The molecule has 0 aliphatic heterocycles. The average molecular weight is 416 g/mol. The van der Waals surface area contributed by atoms with Crippen molar-refractivity contribution in [2.24, 2.45) is 5.73 Å². The number of hydrogen-bond acceptors (Lipinski definition) is 6. The molecule has 28 heavy (non-hydrogen) atoms. The van der Waals surface area contributed by atoms with Gasteiger partial charge in [-0.1, -0.05) is 30.0 Å². The molecule has 0 unspecified atom stereocenters. The predicted molar refractivity (Wildman–Crippen MR) is 111 cm³/mol. The highest BCUT2D eigenvalue weighted by atomic mass is 32.2. The van der Waals surface area contributed by atoms with Crippen LogP contribution in [0.2, 0.25) is 0 Å². The van der Waals surface area contributed by atoms with E-state index >= 15 is 0 Å². The number of benzene rings is 1. The van der Waals surface area contributed by atoms with Gasteiger partial charge in [-0.2, -0.15) is 0 Å². The third-order valence-electron chi connectivity index (χ3n) is 3.99. The smallest absolute Gasteiger partial charge is 0.253 e. The number of hydrogen-bond donors (Lipinski definition) is 1. The van der Waals surface area contributed by atoms with E-state index in [1.165, 1.54) is 11.8 Å². The molecule has 9 heteroatoms. The Kier molecular flexibility index (Phi) is 6.48. The zero-order chi connectivity index (χ0) is 20.1. The monoisotopic (exact) mass is 415 g/mol. The summed E-state index contributed by atoms with van der Waals surface area (Å²) >= 11 is 3.08. The summed E-state index contributed by atoms with van der Waals surface area (Å²) in [5, 5.41) is 11.3. The molecule has 0 saturated carbocycles. The van der Waals surface area contributed by atoms with Crippen LogP contribution in [0.25, 0.3) is 10.7 Å². The minimum absolute atomic E-state index is 0.0311. The van der Waals surface area contributed by atoms with Crippen molar-refractivity contribution in [2.45, 2.75) is 23.9 Å². The molecule has 0 spiro atoms. The summed E-state index contributed by atoms with van der Waals surface area (Å²) in [6.07, 6.45) is 0.219. The first-order valence-corrected chi connectivity index (χ1v) is 10.5. The quantitative estimate of drug-likeness (QED) is 0.571. The summed E-state index contributed by atoms with van der Waals surface area (Å²) in [6.45, 7) is 0.428. The van der Waals surface area contributed by atoms with Crippen molar-refractivity contribution in [3.05, 3.63) is 52.9 Å². The van der Waals surface area contributed by atoms with Gasteiger partial charge < -0.3 is 15.2 Å². The molecular formula is C19H21N5O2S2. The number of thiophene rings is 1. The van der Waals surface area contributed by atoms with Crippen LogP contribution in [0.3, 0.4) is 0 Å². The highest BCUT2D eigenvalue weighted by Crippen LogP contribution is 2.29. The van der Waals surface area contributed by atoms with E-state index in [4.69, 9.17) is 5.73 Å². The van der Waals surface area contributed by atoms with Crippen molar-refractivity contribution in [1.29, 1.82) is 0 Å². The van der Waals surface area contributed by atoms with Gasteiger partial charge in [0, 0.05) is 38.4 Å². The molecule has 3 rings (SSSR count). The fourth-order valence-corrected chi connectivity index (χ4v) is 4.23. The molecule has 0 fully saturated rings. The third kappa shape index (κ3) is 4.79. The van der Waals surface area contributed by atoms with Crippen molar-refractivity contribution in [3.63, 3.8) is 0 Å². The van der Waals surface area contributed by atoms with Gasteiger partial charge in [0.2, 0.25) is 5.91 Å². The number of rotatable bonds is 8. The van der Waals surface area contributed by atoms with Crippen LogP contribution >= 0.6 is 23.1 Å². The summed E-state index contributed by atoms with van der Waals surface area (Å²) < 4.78 is 1.93. The van der Waals surface area contributed by atoms with Crippen LogP contribution in [0, 0.1) is 0 Å². The van der Waals surface area contributed by atoms with Gasteiger partial charge in [-0.15, -0.1) is 21.5 Å². The minimum Gasteiger partial charge on any atom is -0.370 e. The maximum absolute atomic E-state index is 12.2. The normalized spacial score (nSPS) is 10.8.